The van der Waals surface area contributed by atoms with Gasteiger partial charge < -0.3 is 12.4 Å². The number of hydrogen-bond acceptors (Lipinski definition) is 0. The molecule has 100 valence electrons. The number of anilines is 1. The quantitative estimate of drug-likeness (QED) is 0.440. The number of amidine groups is 1. The summed E-state index contributed by atoms with van der Waals surface area (Å²) >= 11 is 0. The van der Waals surface area contributed by atoms with Crippen molar-refractivity contribution in [1.29, 1.82) is 0 Å². The molecule has 0 unspecified atom stereocenters. The molecule has 2 aromatic rings. The first kappa shape index (κ1) is 15.3. The van der Waals surface area contributed by atoms with Gasteiger partial charge in [0.05, 0.1) is 14.1 Å². The molecule has 2 nitrogen and oxygen atoms in total. The van der Waals surface area contributed by atoms with Crippen LogP contribution in [0.1, 0.15) is 6.92 Å². The minimum Gasteiger partial charge on any atom is -1.00 e. The van der Waals surface area contributed by atoms with E-state index in [9.17, 15) is 0 Å². The van der Waals surface area contributed by atoms with Crippen LogP contribution in [0.2, 0.25) is 0 Å². The molecule has 3 heteroatoms. The molecule has 0 fully saturated rings. The third-order valence-electron chi connectivity index (χ3n) is 3.26. The van der Waals surface area contributed by atoms with Crippen molar-refractivity contribution in [3.05, 3.63) is 60.7 Å². The smallest absolute Gasteiger partial charge is 0.253 e. The first-order chi connectivity index (χ1) is 8.70. The second-order valence-corrected chi connectivity index (χ2v) is 4.34. The Labute approximate surface area is 121 Å². The van der Waals surface area contributed by atoms with Crippen molar-refractivity contribution in [3.63, 3.8) is 0 Å². The Balaban J connectivity index is 0.00000180. The number of para-hydroxylation sites is 2. The summed E-state index contributed by atoms with van der Waals surface area (Å²) in [5, 5.41) is 0. The third kappa shape index (κ3) is 3.58. The van der Waals surface area contributed by atoms with Crippen LogP contribution in [0.5, 0.6) is 0 Å². The van der Waals surface area contributed by atoms with Gasteiger partial charge in [-0.25, -0.2) is 9.48 Å². The standard InChI is InChI=1S/C16H19N2.ClH/c1-14(17(2)15-10-6-4-7-11-15)18(3)16-12-8-5-9-13-16;/h4-13H,1-3H3;1H/q+1;/p-1. The Bertz CT molecular complexity index is 535. The predicted octanol–water partition coefficient (Wildman–Crippen LogP) is 0.519. The van der Waals surface area contributed by atoms with Gasteiger partial charge in [-0.2, -0.15) is 0 Å². The number of benzene rings is 2. The molecule has 0 heterocycles. The molecule has 0 bridgehead atoms. The van der Waals surface area contributed by atoms with E-state index in [4.69, 9.17) is 0 Å². The molecule has 0 aliphatic rings. The molecule has 2 aromatic carbocycles. The Morgan fingerprint density at radius 3 is 1.89 bits per heavy atom. The van der Waals surface area contributed by atoms with Crippen molar-refractivity contribution in [3.8, 4) is 0 Å². The minimum atomic E-state index is 0. The highest BCUT2D eigenvalue weighted by atomic mass is 35.5. The molecule has 2 rings (SSSR count). The normalized spacial score (nSPS) is 11.3. The molecule has 0 saturated heterocycles. The van der Waals surface area contributed by atoms with Gasteiger partial charge in [-0.1, -0.05) is 36.4 Å². The molecule has 0 aliphatic carbocycles. The summed E-state index contributed by atoms with van der Waals surface area (Å²) in [4.78, 5) is 2.19. The molecule has 0 N–H and O–H groups in total. The van der Waals surface area contributed by atoms with E-state index in [0.717, 1.165) is 0 Å². The van der Waals surface area contributed by atoms with Crippen LogP contribution in [0.25, 0.3) is 0 Å². The maximum absolute atomic E-state index is 2.19. The average Bonchev–Trinajstić information content (AvgIpc) is 2.47. The maximum Gasteiger partial charge on any atom is 0.253 e. The Morgan fingerprint density at radius 2 is 1.37 bits per heavy atom. The lowest BCUT2D eigenvalue weighted by atomic mass is 10.3. The summed E-state index contributed by atoms with van der Waals surface area (Å²) in [6.07, 6.45) is 0. The lowest BCUT2D eigenvalue weighted by molar-refractivity contribution is -0.406. The van der Waals surface area contributed by atoms with Crippen LogP contribution < -0.4 is 17.3 Å². The number of hydrogen-bond donors (Lipinski definition) is 0. The van der Waals surface area contributed by atoms with Crippen LogP contribution >= 0.6 is 0 Å². The van der Waals surface area contributed by atoms with Gasteiger partial charge in [0.15, 0.2) is 0 Å². The van der Waals surface area contributed by atoms with Crippen LogP contribution in [0.15, 0.2) is 60.7 Å². The maximum atomic E-state index is 2.19. The SMILES string of the molecule is CC(N(C)c1ccccc1)=[N+](C)c1ccccc1.[Cl-]. The van der Waals surface area contributed by atoms with Gasteiger partial charge in [-0.15, -0.1) is 0 Å². The number of halogens is 1. The van der Waals surface area contributed by atoms with Gasteiger partial charge in [0.25, 0.3) is 5.84 Å². The van der Waals surface area contributed by atoms with E-state index in [1.165, 1.54) is 17.2 Å². The minimum absolute atomic E-state index is 0. The van der Waals surface area contributed by atoms with Crippen molar-refractivity contribution in [1.82, 2.24) is 0 Å². The van der Waals surface area contributed by atoms with Crippen LogP contribution in [0.4, 0.5) is 11.4 Å². The van der Waals surface area contributed by atoms with Crippen molar-refractivity contribution >= 4 is 17.2 Å². The lowest BCUT2D eigenvalue weighted by Gasteiger charge is -2.14. The van der Waals surface area contributed by atoms with Crippen molar-refractivity contribution < 1.29 is 17.0 Å². The van der Waals surface area contributed by atoms with Gasteiger partial charge in [0, 0.05) is 6.92 Å². The molecule has 0 saturated carbocycles. The first-order valence-electron chi connectivity index (χ1n) is 6.11. The monoisotopic (exact) mass is 274 g/mol. The highest BCUT2D eigenvalue weighted by Gasteiger charge is 2.14. The number of nitrogens with zero attached hydrogens (tertiary/aromatic N) is 2. The van der Waals surface area contributed by atoms with Crippen molar-refractivity contribution in [2.24, 2.45) is 0 Å². The van der Waals surface area contributed by atoms with E-state index in [2.05, 4.69) is 79.0 Å². The van der Waals surface area contributed by atoms with Gasteiger partial charge in [-0.05, 0) is 24.3 Å². The predicted molar refractivity (Wildman–Crippen MR) is 77.8 cm³/mol. The topological polar surface area (TPSA) is 6.25 Å². The fourth-order valence-corrected chi connectivity index (χ4v) is 1.90. The molecule has 0 aliphatic heterocycles. The summed E-state index contributed by atoms with van der Waals surface area (Å²) in [5.74, 6) is 1.19. The Morgan fingerprint density at radius 1 is 0.895 bits per heavy atom. The number of rotatable bonds is 2. The van der Waals surface area contributed by atoms with Gasteiger partial charge in [0.1, 0.15) is 11.4 Å². The highest BCUT2D eigenvalue weighted by molar-refractivity contribution is 5.92. The van der Waals surface area contributed by atoms with E-state index in [1.54, 1.807) is 0 Å². The molecule has 0 spiro atoms. The van der Waals surface area contributed by atoms with E-state index >= 15 is 0 Å². The fourth-order valence-electron chi connectivity index (χ4n) is 1.90. The molecule has 0 amide bonds. The van der Waals surface area contributed by atoms with Crippen LogP contribution in [-0.2, 0) is 0 Å². The Kier molecular flexibility index (Phi) is 5.58. The molecule has 0 atom stereocenters. The van der Waals surface area contributed by atoms with E-state index < -0.39 is 0 Å². The second-order valence-electron chi connectivity index (χ2n) is 4.34. The van der Waals surface area contributed by atoms with Gasteiger partial charge in [-0.3, -0.25) is 0 Å². The fraction of sp³-hybridized carbons (Fsp3) is 0.188. The largest absolute Gasteiger partial charge is 1.00 e. The van der Waals surface area contributed by atoms with Gasteiger partial charge >= 0.3 is 0 Å². The zero-order valence-electron chi connectivity index (χ0n) is 11.5. The summed E-state index contributed by atoms with van der Waals surface area (Å²) in [6, 6.07) is 20.8. The molecule has 0 radical (unpaired) electrons. The summed E-state index contributed by atoms with van der Waals surface area (Å²) < 4.78 is 2.19. The Hall–Kier alpha value is -1.80. The molecule has 19 heavy (non-hydrogen) atoms. The lowest BCUT2D eigenvalue weighted by Crippen LogP contribution is -3.00. The first-order valence-corrected chi connectivity index (χ1v) is 6.11. The summed E-state index contributed by atoms with van der Waals surface area (Å²) in [7, 11) is 4.17. The summed E-state index contributed by atoms with van der Waals surface area (Å²) in [6.45, 7) is 2.12. The van der Waals surface area contributed by atoms with E-state index in [1.807, 2.05) is 12.1 Å². The van der Waals surface area contributed by atoms with E-state index in [-0.39, 0.29) is 12.4 Å². The molecular weight excluding hydrogens is 256 g/mol. The third-order valence-corrected chi connectivity index (χ3v) is 3.26. The van der Waals surface area contributed by atoms with E-state index in [0.29, 0.717) is 0 Å². The zero-order valence-corrected chi connectivity index (χ0v) is 12.3. The van der Waals surface area contributed by atoms with Crippen molar-refractivity contribution in [2.75, 3.05) is 19.0 Å². The molecule has 0 aromatic heterocycles. The van der Waals surface area contributed by atoms with Crippen LogP contribution in [0, 0.1) is 0 Å². The van der Waals surface area contributed by atoms with Crippen LogP contribution in [-0.4, -0.2) is 24.5 Å². The second kappa shape index (κ2) is 6.95. The zero-order chi connectivity index (χ0) is 13.0. The van der Waals surface area contributed by atoms with Crippen molar-refractivity contribution in [2.45, 2.75) is 6.92 Å². The van der Waals surface area contributed by atoms with Crippen LogP contribution in [0.3, 0.4) is 0 Å². The molecular formula is C16H19ClN2. The highest BCUT2D eigenvalue weighted by Crippen LogP contribution is 2.14. The summed E-state index contributed by atoms with van der Waals surface area (Å²) in [5.41, 5.74) is 2.38. The average molecular weight is 275 g/mol. The van der Waals surface area contributed by atoms with Gasteiger partial charge in [0.2, 0.25) is 0 Å².